The summed E-state index contributed by atoms with van der Waals surface area (Å²) in [5, 5.41) is 13.6. The van der Waals surface area contributed by atoms with Crippen molar-refractivity contribution >= 4 is 17.6 Å². The van der Waals surface area contributed by atoms with Gasteiger partial charge in [0.15, 0.2) is 5.69 Å². The molecule has 20 heavy (non-hydrogen) atoms. The topological polar surface area (TPSA) is 64.3 Å². The summed E-state index contributed by atoms with van der Waals surface area (Å²) >= 11 is 6.15. The van der Waals surface area contributed by atoms with Crippen LogP contribution in [0.4, 0.5) is 0 Å². The summed E-state index contributed by atoms with van der Waals surface area (Å²) in [6, 6.07) is 5.19. The van der Waals surface area contributed by atoms with E-state index in [2.05, 4.69) is 5.10 Å². The molecule has 1 aliphatic rings. The van der Waals surface area contributed by atoms with Crippen LogP contribution in [0.5, 0.6) is 5.75 Å². The second-order valence-corrected chi connectivity index (χ2v) is 5.35. The number of aromatic nitrogens is 2. The van der Waals surface area contributed by atoms with Crippen molar-refractivity contribution in [2.45, 2.75) is 19.4 Å². The summed E-state index contributed by atoms with van der Waals surface area (Å²) in [5.74, 6) is -0.290. The van der Waals surface area contributed by atoms with Crippen molar-refractivity contribution in [3.05, 3.63) is 34.5 Å². The van der Waals surface area contributed by atoms with Crippen LogP contribution in [-0.2, 0) is 13.5 Å². The van der Waals surface area contributed by atoms with E-state index in [-0.39, 0.29) is 11.8 Å². The van der Waals surface area contributed by atoms with E-state index >= 15 is 0 Å². The van der Waals surface area contributed by atoms with Crippen LogP contribution in [0.25, 0.3) is 11.3 Å². The first-order valence-corrected chi connectivity index (χ1v) is 6.60. The fourth-order valence-corrected chi connectivity index (χ4v) is 2.75. The third kappa shape index (κ3) is 2.04. The highest BCUT2D eigenvalue weighted by atomic mass is 35.5. The van der Waals surface area contributed by atoms with E-state index in [1.165, 1.54) is 10.7 Å². The number of benzene rings is 1. The first-order valence-electron chi connectivity index (χ1n) is 6.22. The van der Waals surface area contributed by atoms with Gasteiger partial charge in [0, 0.05) is 24.1 Å². The van der Waals surface area contributed by atoms with Crippen molar-refractivity contribution in [2.75, 3.05) is 0 Å². The van der Waals surface area contributed by atoms with Gasteiger partial charge in [0.05, 0.1) is 5.69 Å². The lowest BCUT2D eigenvalue weighted by Gasteiger charge is -2.10. The Kier molecular flexibility index (Phi) is 2.94. The Balaban J connectivity index is 2.18. The molecule has 0 spiro atoms. The lowest BCUT2D eigenvalue weighted by atomic mass is 10.0. The van der Waals surface area contributed by atoms with Crippen LogP contribution in [0, 0.1) is 0 Å². The van der Waals surface area contributed by atoms with E-state index in [0.29, 0.717) is 10.7 Å². The van der Waals surface area contributed by atoms with E-state index in [1.54, 1.807) is 13.1 Å². The summed E-state index contributed by atoms with van der Waals surface area (Å²) in [4.78, 5) is 11.0. The van der Waals surface area contributed by atoms with Crippen molar-refractivity contribution in [3.8, 4) is 17.0 Å². The van der Waals surface area contributed by atoms with Gasteiger partial charge in [-0.05, 0) is 30.7 Å². The number of aryl methyl sites for hydroxylation is 1. The third-order valence-corrected chi connectivity index (χ3v) is 3.55. The standard InChI is InChI=1S/C14H13ClN2O3/c1-7-3-8-4-9(15)5-10(13(8)20-7)12-6-11(14(18)19)16-17(12)2/h4-7H,3H2,1-2H3,(H,18,19). The minimum Gasteiger partial charge on any atom is -0.489 e. The number of nitrogens with zero attached hydrogens (tertiary/aromatic N) is 2. The summed E-state index contributed by atoms with van der Waals surface area (Å²) in [5.41, 5.74) is 2.50. The van der Waals surface area contributed by atoms with E-state index in [4.69, 9.17) is 21.4 Å². The first kappa shape index (κ1) is 13.0. The molecule has 0 saturated carbocycles. The number of fused-ring (bicyclic) bond motifs is 1. The van der Waals surface area contributed by atoms with E-state index in [9.17, 15) is 4.79 Å². The van der Waals surface area contributed by atoms with Gasteiger partial charge in [-0.1, -0.05) is 11.6 Å². The number of carboxylic acid groups (broad SMARTS) is 1. The van der Waals surface area contributed by atoms with Gasteiger partial charge in [-0.25, -0.2) is 4.79 Å². The van der Waals surface area contributed by atoms with Crippen molar-refractivity contribution < 1.29 is 14.6 Å². The number of carbonyl (C=O) groups is 1. The highest BCUT2D eigenvalue weighted by molar-refractivity contribution is 6.31. The van der Waals surface area contributed by atoms with Gasteiger partial charge >= 0.3 is 5.97 Å². The smallest absolute Gasteiger partial charge is 0.356 e. The Hall–Kier alpha value is -2.01. The van der Waals surface area contributed by atoms with Crippen LogP contribution in [0.15, 0.2) is 18.2 Å². The van der Waals surface area contributed by atoms with E-state index < -0.39 is 5.97 Å². The molecule has 1 aromatic heterocycles. The fourth-order valence-electron chi connectivity index (χ4n) is 2.51. The molecular weight excluding hydrogens is 280 g/mol. The van der Waals surface area contributed by atoms with Gasteiger partial charge in [0.2, 0.25) is 0 Å². The lowest BCUT2D eigenvalue weighted by Crippen LogP contribution is -2.05. The van der Waals surface area contributed by atoms with Crippen LogP contribution in [0.3, 0.4) is 0 Å². The molecule has 0 bridgehead atoms. The molecule has 0 saturated heterocycles. The number of aromatic carboxylic acids is 1. The molecule has 2 heterocycles. The SMILES string of the molecule is CC1Cc2cc(Cl)cc(-c3cc(C(=O)O)nn3C)c2O1. The molecule has 5 nitrogen and oxygen atoms in total. The zero-order chi connectivity index (χ0) is 14.4. The van der Waals surface area contributed by atoms with Crippen LogP contribution in [-0.4, -0.2) is 27.0 Å². The van der Waals surface area contributed by atoms with Crippen molar-refractivity contribution in [1.82, 2.24) is 9.78 Å². The average Bonchev–Trinajstić information content (AvgIpc) is 2.90. The Morgan fingerprint density at radius 3 is 2.90 bits per heavy atom. The van der Waals surface area contributed by atoms with Crippen LogP contribution in [0.1, 0.15) is 23.0 Å². The Labute approximate surface area is 120 Å². The molecule has 1 aromatic carbocycles. The summed E-state index contributed by atoms with van der Waals surface area (Å²) in [6.07, 6.45) is 0.890. The monoisotopic (exact) mass is 292 g/mol. The van der Waals surface area contributed by atoms with Crippen LogP contribution in [0.2, 0.25) is 5.02 Å². The van der Waals surface area contributed by atoms with E-state index in [1.807, 2.05) is 13.0 Å². The normalized spacial score (nSPS) is 16.9. The first-order chi connectivity index (χ1) is 9.45. The highest BCUT2D eigenvalue weighted by Crippen LogP contribution is 2.41. The molecule has 1 aliphatic heterocycles. The highest BCUT2D eigenvalue weighted by Gasteiger charge is 2.25. The summed E-state index contributed by atoms with van der Waals surface area (Å²) < 4.78 is 7.35. The van der Waals surface area contributed by atoms with Crippen molar-refractivity contribution in [1.29, 1.82) is 0 Å². The van der Waals surface area contributed by atoms with Gasteiger partial charge in [-0.2, -0.15) is 5.10 Å². The summed E-state index contributed by atoms with van der Waals surface area (Å²) in [7, 11) is 1.70. The molecule has 2 aromatic rings. The quantitative estimate of drug-likeness (QED) is 0.924. The number of carboxylic acids is 1. The maximum absolute atomic E-state index is 11.0. The van der Waals surface area contributed by atoms with Gasteiger partial charge in [-0.3, -0.25) is 4.68 Å². The second kappa shape index (κ2) is 4.52. The van der Waals surface area contributed by atoms with E-state index in [0.717, 1.165) is 23.3 Å². The van der Waals surface area contributed by atoms with Crippen LogP contribution >= 0.6 is 11.6 Å². The zero-order valence-electron chi connectivity index (χ0n) is 11.1. The molecular formula is C14H13ClN2O3. The maximum atomic E-state index is 11.0. The molecule has 1 N–H and O–H groups in total. The third-order valence-electron chi connectivity index (χ3n) is 3.33. The molecule has 104 valence electrons. The number of halogens is 1. The molecule has 1 atom stereocenters. The van der Waals surface area contributed by atoms with Gasteiger partial charge in [0.25, 0.3) is 0 Å². The predicted octanol–water partition coefficient (Wildman–Crippen LogP) is 2.76. The number of hydrogen-bond donors (Lipinski definition) is 1. The Bertz CT molecular complexity index is 709. The second-order valence-electron chi connectivity index (χ2n) is 4.92. The van der Waals surface area contributed by atoms with Gasteiger partial charge in [-0.15, -0.1) is 0 Å². The molecule has 0 fully saturated rings. The Morgan fingerprint density at radius 1 is 1.50 bits per heavy atom. The van der Waals surface area contributed by atoms with Crippen molar-refractivity contribution in [3.63, 3.8) is 0 Å². The van der Waals surface area contributed by atoms with Crippen molar-refractivity contribution in [2.24, 2.45) is 7.05 Å². The predicted molar refractivity (Wildman–Crippen MR) is 74.4 cm³/mol. The molecule has 0 radical (unpaired) electrons. The molecule has 3 rings (SSSR count). The van der Waals surface area contributed by atoms with Gasteiger partial charge in [0.1, 0.15) is 11.9 Å². The van der Waals surface area contributed by atoms with Crippen LogP contribution < -0.4 is 4.74 Å². The molecule has 0 amide bonds. The van der Waals surface area contributed by atoms with Gasteiger partial charge < -0.3 is 9.84 Å². The molecule has 6 heteroatoms. The number of rotatable bonds is 2. The fraction of sp³-hybridized carbons (Fsp3) is 0.286. The number of hydrogen-bond acceptors (Lipinski definition) is 3. The minimum absolute atomic E-state index is 0.00210. The molecule has 0 aliphatic carbocycles. The largest absolute Gasteiger partial charge is 0.489 e. The summed E-state index contributed by atoms with van der Waals surface area (Å²) in [6.45, 7) is 1.99. The number of ether oxygens (including phenoxy) is 1. The minimum atomic E-state index is -1.06. The zero-order valence-corrected chi connectivity index (χ0v) is 11.8. The Morgan fingerprint density at radius 2 is 2.25 bits per heavy atom. The maximum Gasteiger partial charge on any atom is 0.356 e. The molecule has 1 unspecified atom stereocenters. The lowest BCUT2D eigenvalue weighted by molar-refractivity contribution is 0.0689. The average molecular weight is 293 g/mol.